The zero-order chi connectivity index (χ0) is 13.0. The van der Waals surface area contributed by atoms with E-state index in [1.807, 2.05) is 0 Å². The summed E-state index contributed by atoms with van der Waals surface area (Å²) in [5, 5.41) is 2.74. The number of nitrogens with one attached hydrogen (secondary N) is 1. The van der Waals surface area contributed by atoms with Gasteiger partial charge in [-0.1, -0.05) is 22.0 Å². The SMILES string of the molecule is COC(=O)c1cccc(NC(=O)C(C)Br)c1C. The van der Waals surface area contributed by atoms with Crippen molar-refractivity contribution in [3.05, 3.63) is 29.3 Å². The lowest BCUT2D eigenvalue weighted by molar-refractivity contribution is -0.115. The predicted molar refractivity (Wildman–Crippen MR) is 69.5 cm³/mol. The molecule has 1 aromatic rings. The highest BCUT2D eigenvalue weighted by molar-refractivity contribution is 9.10. The molecule has 1 unspecified atom stereocenters. The van der Waals surface area contributed by atoms with E-state index in [2.05, 4.69) is 26.0 Å². The van der Waals surface area contributed by atoms with E-state index in [1.54, 1.807) is 32.0 Å². The maximum absolute atomic E-state index is 11.5. The van der Waals surface area contributed by atoms with Crippen LogP contribution < -0.4 is 5.32 Å². The van der Waals surface area contributed by atoms with Gasteiger partial charge in [0, 0.05) is 5.69 Å². The highest BCUT2D eigenvalue weighted by Crippen LogP contribution is 2.20. The molecule has 0 fully saturated rings. The van der Waals surface area contributed by atoms with Crippen LogP contribution in [0.5, 0.6) is 0 Å². The van der Waals surface area contributed by atoms with Gasteiger partial charge in [0.2, 0.25) is 5.91 Å². The average Bonchev–Trinajstić information content (AvgIpc) is 2.30. The van der Waals surface area contributed by atoms with E-state index < -0.39 is 5.97 Å². The van der Waals surface area contributed by atoms with Crippen molar-refractivity contribution in [1.82, 2.24) is 0 Å². The van der Waals surface area contributed by atoms with Crippen molar-refractivity contribution in [3.8, 4) is 0 Å². The molecule has 0 heterocycles. The van der Waals surface area contributed by atoms with Crippen molar-refractivity contribution in [2.24, 2.45) is 0 Å². The van der Waals surface area contributed by atoms with Gasteiger partial charge >= 0.3 is 5.97 Å². The number of halogens is 1. The Labute approximate surface area is 108 Å². The molecule has 0 aromatic heterocycles. The third kappa shape index (κ3) is 3.30. The molecule has 0 aliphatic carbocycles. The average molecular weight is 300 g/mol. The smallest absolute Gasteiger partial charge is 0.338 e. The number of ether oxygens (including phenoxy) is 1. The van der Waals surface area contributed by atoms with Crippen LogP contribution in [0.25, 0.3) is 0 Å². The van der Waals surface area contributed by atoms with E-state index in [4.69, 9.17) is 0 Å². The Morgan fingerprint density at radius 1 is 1.41 bits per heavy atom. The number of esters is 1. The molecule has 0 spiro atoms. The van der Waals surface area contributed by atoms with Gasteiger partial charge in [0.25, 0.3) is 0 Å². The van der Waals surface area contributed by atoms with Crippen LogP contribution in [-0.4, -0.2) is 23.8 Å². The van der Waals surface area contributed by atoms with E-state index in [1.165, 1.54) is 7.11 Å². The molecule has 1 rings (SSSR count). The van der Waals surface area contributed by atoms with Crippen LogP contribution in [0.2, 0.25) is 0 Å². The Morgan fingerprint density at radius 2 is 2.06 bits per heavy atom. The van der Waals surface area contributed by atoms with Crippen LogP contribution in [0.15, 0.2) is 18.2 Å². The van der Waals surface area contributed by atoms with Gasteiger partial charge in [-0.25, -0.2) is 4.79 Å². The van der Waals surface area contributed by atoms with Crippen LogP contribution in [0.4, 0.5) is 5.69 Å². The molecule has 5 heteroatoms. The quantitative estimate of drug-likeness (QED) is 0.689. The number of carbonyl (C=O) groups is 2. The van der Waals surface area contributed by atoms with Crippen molar-refractivity contribution in [2.75, 3.05) is 12.4 Å². The molecule has 1 N–H and O–H groups in total. The molecule has 0 saturated carbocycles. The summed E-state index contributed by atoms with van der Waals surface area (Å²) in [7, 11) is 1.33. The van der Waals surface area contributed by atoms with Gasteiger partial charge in [-0.3, -0.25) is 4.79 Å². The summed E-state index contributed by atoms with van der Waals surface area (Å²) in [4.78, 5) is 22.7. The minimum Gasteiger partial charge on any atom is -0.465 e. The topological polar surface area (TPSA) is 55.4 Å². The lowest BCUT2D eigenvalue weighted by Crippen LogP contribution is -2.21. The molecule has 92 valence electrons. The number of alkyl halides is 1. The normalized spacial score (nSPS) is 11.8. The third-order valence-electron chi connectivity index (χ3n) is 2.36. The fourth-order valence-electron chi connectivity index (χ4n) is 1.33. The van der Waals surface area contributed by atoms with Crippen LogP contribution in [-0.2, 0) is 9.53 Å². The zero-order valence-corrected chi connectivity index (χ0v) is 11.5. The van der Waals surface area contributed by atoms with E-state index in [0.717, 1.165) is 0 Å². The minimum absolute atomic E-state index is 0.157. The van der Waals surface area contributed by atoms with Gasteiger partial charge in [-0.2, -0.15) is 0 Å². The first kappa shape index (κ1) is 13.7. The zero-order valence-electron chi connectivity index (χ0n) is 9.91. The molecule has 17 heavy (non-hydrogen) atoms. The summed E-state index contributed by atoms with van der Waals surface area (Å²) >= 11 is 3.18. The van der Waals surface area contributed by atoms with Crippen molar-refractivity contribution in [1.29, 1.82) is 0 Å². The monoisotopic (exact) mass is 299 g/mol. The van der Waals surface area contributed by atoms with Crippen molar-refractivity contribution in [3.63, 3.8) is 0 Å². The number of hydrogen-bond acceptors (Lipinski definition) is 3. The molecular weight excluding hydrogens is 286 g/mol. The summed E-state index contributed by atoms with van der Waals surface area (Å²) in [5.41, 5.74) is 1.76. The van der Waals surface area contributed by atoms with Crippen molar-refractivity contribution < 1.29 is 14.3 Å². The van der Waals surface area contributed by atoms with Crippen LogP contribution in [0.3, 0.4) is 0 Å². The molecule has 0 radical (unpaired) electrons. The van der Waals surface area contributed by atoms with Crippen LogP contribution in [0, 0.1) is 6.92 Å². The van der Waals surface area contributed by atoms with Crippen molar-refractivity contribution in [2.45, 2.75) is 18.7 Å². The molecule has 0 bridgehead atoms. The molecule has 1 aromatic carbocycles. The summed E-state index contributed by atoms with van der Waals surface area (Å²) in [6.45, 7) is 3.50. The summed E-state index contributed by atoms with van der Waals surface area (Å²) < 4.78 is 4.66. The second-order valence-electron chi connectivity index (χ2n) is 3.57. The van der Waals surface area contributed by atoms with Gasteiger partial charge in [0.05, 0.1) is 17.5 Å². The van der Waals surface area contributed by atoms with Gasteiger partial charge in [0.15, 0.2) is 0 Å². The number of anilines is 1. The number of benzene rings is 1. The fraction of sp³-hybridized carbons (Fsp3) is 0.333. The number of carbonyl (C=O) groups excluding carboxylic acids is 2. The Balaban J connectivity index is 3.02. The molecule has 0 aliphatic heterocycles. The Hall–Kier alpha value is -1.36. The first-order chi connectivity index (χ1) is 7.97. The second-order valence-corrected chi connectivity index (χ2v) is 4.95. The Kier molecular flexibility index (Phi) is 4.69. The largest absolute Gasteiger partial charge is 0.465 e. The molecule has 1 amide bonds. The van der Waals surface area contributed by atoms with Gasteiger partial charge < -0.3 is 10.1 Å². The van der Waals surface area contributed by atoms with Gasteiger partial charge in [0.1, 0.15) is 0 Å². The summed E-state index contributed by atoms with van der Waals surface area (Å²) in [6.07, 6.45) is 0. The molecule has 0 saturated heterocycles. The maximum atomic E-state index is 11.5. The van der Waals surface area contributed by atoms with E-state index in [-0.39, 0.29) is 10.7 Å². The first-order valence-corrected chi connectivity index (χ1v) is 6.01. The molecular formula is C12H14BrNO3. The van der Waals surface area contributed by atoms with Gasteiger partial charge in [-0.05, 0) is 31.5 Å². The highest BCUT2D eigenvalue weighted by Gasteiger charge is 2.14. The van der Waals surface area contributed by atoms with Gasteiger partial charge in [-0.15, -0.1) is 0 Å². The van der Waals surface area contributed by atoms with E-state index in [0.29, 0.717) is 16.8 Å². The summed E-state index contributed by atoms with van der Waals surface area (Å²) in [6, 6.07) is 5.11. The van der Waals surface area contributed by atoms with E-state index in [9.17, 15) is 9.59 Å². The second kappa shape index (κ2) is 5.82. The fourth-order valence-corrected chi connectivity index (χ4v) is 1.45. The number of amides is 1. The summed E-state index contributed by atoms with van der Waals surface area (Å²) in [5.74, 6) is -0.569. The lowest BCUT2D eigenvalue weighted by Gasteiger charge is -2.12. The minimum atomic E-state index is -0.412. The molecule has 0 aliphatic rings. The standard InChI is InChI=1S/C12H14BrNO3/c1-7-9(12(16)17-3)5-4-6-10(7)14-11(15)8(2)13/h4-6,8H,1-3H3,(H,14,15). The highest BCUT2D eigenvalue weighted by atomic mass is 79.9. The number of methoxy groups -OCH3 is 1. The third-order valence-corrected chi connectivity index (χ3v) is 2.77. The Bertz CT molecular complexity index is 443. The van der Waals surface area contributed by atoms with Crippen LogP contribution >= 0.6 is 15.9 Å². The number of hydrogen-bond donors (Lipinski definition) is 1. The maximum Gasteiger partial charge on any atom is 0.338 e. The van der Waals surface area contributed by atoms with E-state index >= 15 is 0 Å². The molecule has 4 nitrogen and oxygen atoms in total. The predicted octanol–water partition coefficient (Wildman–Crippen LogP) is 2.50. The number of rotatable bonds is 3. The van der Waals surface area contributed by atoms with Crippen LogP contribution in [0.1, 0.15) is 22.8 Å². The lowest BCUT2D eigenvalue weighted by atomic mass is 10.1. The first-order valence-electron chi connectivity index (χ1n) is 5.10. The Morgan fingerprint density at radius 3 is 2.59 bits per heavy atom. The molecule has 1 atom stereocenters. The van der Waals surface area contributed by atoms with Crippen molar-refractivity contribution >= 4 is 33.5 Å².